The molecule has 0 aromatic carbocycles. The Labute approximate surface area is 118 Å². The molecule has 1 rings (SSSR count). The van der Waals surface area contributed by atoms with Gasteiger partial charge < -0.3 is 10.5 Å². The number of nitrogen functional groups attached to an aromatic ring is 1. The average Bonchev–Trinajstić information content (AvgIpc) is 2.28. The third-order valence-electron chi connectivity index (χ3n) is 2.25. The summed E-state index contributed by atoms with van der Waals surface area (Å²) in [5.74, 6) is 1.12. The highest BCUT2D eigenvalue weighted by Gasteiger charge is 2.17. The Morgan fingerprint density at radius 2 is 2.00 bits per heavy atom. The van der Waals surface area contributed by atoms with Gasteiger partial charge in [-0.05, 0) is 27.7 Å². The molecule has 19 heavy (non-hydrogen) atoms. The summed E-state index contributed by atoms with van der Waals surface area (Å²) >= 11 is 1.33. The van der Waals surface area contributed by atoms with Gasteiger partial charge in [0.2, 0.25) is 0 Å². The van der Waals surface area contributed by atoms with Crippen molar-refractivity contribution in [1.82, 2.24) is 9.97 Å². The third kappa shape index (κ3) is 5.06. The highest BCUT2D eigenvalue weighted by atomic mass is 32.2. The first-order valence-corrected chi connectivity index (χ1v) is 7.19. The van der Waals surface area contributed by atoms with Crippen molar-refractivity contribution in [3.63, 3.8) is 0 Å². The number of esters is 1. The summed E-state index contributed by atoms with van der Waals surface area (Å²) in [6, 6.07) is 0. The van der Waals surface area contributed by atoms with Crippen LogP contribution in [0.25, 0.3) is 0 Å². The molecular weight excluding hydrogens is 262 g/mol. The Bertz CT molecular complexity index is 470. The SMILES string of the molecule is CCc1nc(N)c(C)c(SCC(=O)OC(C)(C)C)n1. The summed E-state index contributed by atoms with van der Waals surface area (Å²) in [4.78, 5) is 20.2. The van der Waals surface area contributed by atoms with E-state index in [9.17, 15) is 4.79 Å². The molecule has 0 saturated carbocycles. The molecule has 0 bridgehead atoms. The molecule has 106 valence electrons. The fraction of sp³-hybridized carbons (Fsp3) is 0.615. The highest BCUT2D eigenvalue weighted by Crippen LogP contribution is 2.24. The van der Waals surface area contributed by atoms with E-state index in [-0.39, 0.29) is 11.7 Å². The quantitative estimate of drug-likeness (QED) is 0.519. The van der Waals surface area contributed by atoms with E-state index in [0.717, 1.165) is 10.6 Å². The summed E-state index contributed by atoms with van der Waals surface area (Å²) in [6.45, 7) is 9.36. The number of aryl methyl sites for hydroxylation is 1. The molecule has 1 aromatic heterocycles. The number of ether oxygens (including phenoxy) is 1. The van der Waals surface area contributed by atoms with Crippen LogP contribution in [0.15, 0.2) is 5.03 Å². The number of hydrogen-bond acceptors (Lipinski definition) is 6. The molecular formula is C13H21N3O2S. The number of aromatic nitrogens is 2. The fourth-order valence-electron chi connectivity index (χ4n) is 1.36. The lowest BCUT2D eigenvalue weighted by molar-refractivity contribution is -0.151. The number of rotatable bonds is 4. The van der Waals surface area contributed by atoms with Crippen LogP contribution in [-0.2, 0) is 16.0 Å². The normalized spacial score (nSPS) is 11.4. The molecule has 6 heteroatoms. The zero-order chi connectivity index (χ0) is 14.6. The Morgan fingerprint density at radius 3 is 2.53 bits per heavy atom. The minimum Gasteiger partial charge on any atom is -0.459 e. The van der Waals surface area contributed by atoms with Gasteiger partial charge in [0.05, 0.1) is 5.75 Å². The molecule has 5 nitrogen and oxygen atoms in total. The van der Waals surface area contributed by atoms with Crippen molar-refractivity contribution in [2.75, 3.05) is 11.5 Å². The van der Waals surface area contributed by atoms with Gasteiger partial charge in [-0.2, -0.15) is 0 Å². The van der Waals surface area contributed by atoms with E-state index in [2.05, 4.69) is 9.97 Å². The molecule has 0 unspecified atom stereocenters. The summed E-state index contributed by atoms with van der Waals surface area (Å²) in [5, 5.41) is 0.746. The Hall–Kier alpha value is -1.30. The molecule has 0 aliphatic heterocycles. The van der Waals surface area contributed by atoms with Crippen LogP contribution in [0.3, 0.4) is 0 Å². The average molecular weight is 283 g/mol. The molecule has 1 aromatic rings. The van der Waals surface area contributed by atoms with Crippen molar-refractivity contribution in [1.29, 1.82) is 0 Å². The van der Waals surface area contributed by atoms with E-state index >= 15 is 0 Å². The van der Waals surface area contributed by atoms with Crippen LogP contribution in [0.4, 0.5) is 5.82 Å². The number of anilines is 1. The predicted octanol–water partition coefficient (Wildman–Crippen LogP) is 2.36. The molecule has 0 radical (unpaired) electrons. The Balaban J connectivity index is 2.72. The molecule has 0 amide bonds. The molecule has 0 aliphatic rings. The highest BCUT2D eigenvalue weighted by molar-refractivity contribution is 7.99. The van der Waals surface area contributed by atoms with E-state index in [1.807, 2.05) is 34.6 Å². The third-order valence-corrected chi connectivity index (χ3v) is 3.30. The van der Waals surface area contributed by atoms with Crippen LogP contribution in [-0.4, -0.2) is 27.3 Å². The first-order chi connectivity index (χ1) is 8.73. The van der Waals surface area contributed by atoms with Gasteiger partial charge in [-0.25, -0.2) is 9.97 Å². The largest absolute Gasteiger partial charge is 0.459 e. The Morgan fingerprint density at radius 1 is 1.37 bits per heavy atom. The predicted molar refractivity (Wildman–Crippen MR) is 77.1 cm³/mol. The van der Waals surface area contributed by atoms with Crippen LogP contribution in [0.2, 0.25) is 0 Å². The number of hydrogen-bond donors (Lipinski definition) is 1. The summed E-state index contributed by atoms with van der Waals surface area (Å²) in [5.41, 5.74) is 6.17. The van der Waals surface area contributed by atoms with Crippen molar-refractivity contribution in [2.45, 2.75) is 51.7 Å². The molecule has 0 spiro atoms. The van der Waals surface area contributed by atoms with Gasteiger partial charge in [0.1, 0.15) is 22.3 Å². The summed E-state index contributed by atoms with van der Waals surface area (Å²) < 4.78 is 5.25. The lowest BCUT2D eigenvalue weighted by Crippen LogP contribution is -2.25. The second-order valence-corrected chi connectivity index (χ2v) is 6.15. The van der Waals surface area contributed by atoms with Crippen LogP contribution in [0.5, 0.6) is 0 Å². The van der Waals surface area contributed by atoms with Crippen molar-refractivity contribution in [3.05, 3.63) is 11.4 Å². The molecule has 0 saturated heterocycles. The van der Waals surface area contributed by atoms with Crippen molar-refractivity contribution < 1.29 is 9.53 Å². The van der Waals surface area contributed by atoms with Gasteiger partial charge in [0, 0.05) is 12.0 Å². The number of carbonyl (C=O) groups is 1. The lowest BCUT2D eigenvalue weighted by atomic mass is 10.2. The van der Waals surface area contributed by atoms with Crippen LogP contribution in [0.1, 0.15) is 39.1 Å². The number of nitrogens with zero attached hydrogens (tertiary/aromatic N) is 2. The van der Waals surface area contributed by atoms with Gasteiger partial charge in [-0.15, -0.1) is 0 Å². The van der Waals surface area contributed by atoms with E-state index < -0.39 is 5.60 Å². The van der Waals surface area contributed by atoms with Crippen LogP contribution in [0, 0.1) is 6.92 Å². The number of nitrogens with two attached hydrogens (primary N) is 1. The zero-order valence-corrected chi connectivity index (χ0v) is 12.9. The summed E-state index contributed by atoms with van der Waals surface area (Å²) in [7, 11) is 0. The van der Waals surface area contributed by atoms with Crippen LogP contribution >= 0.6 is 11.8 Å². The zero-order valence-electron chi connectivity index (χ0n) is 12.1. The monoisotopic (exact) mass is 283 g/mol. The van der Waals surface area contributed by atoms with Crippen molar-refractivity contribution in [2.24, 2.45) is 0 Å². The maximum atomic E-state index is 11.7. The lowest BCUT2D eigenvalue weighted by Gasteiger charge is -2.19. The minimum atomic E-state index is -0.466. The first kappa shape index (κ1) is 15.8. The van der Waals surface area contributed by atoms with E-state index in [4.69, 9.17) is 10.5 Å². The number of thioether (sulfide) groups is 1. The molecule has 0 fully saturated rings. The second kappa shape index (κ2) is 6.23. The van der Waals surface area contributed by atoms with Crippen molar-refractivity contribution in [3.8, 4) is 0 Å². The van der Waals surface area contributed by atoms with Crippen LogP contribution < -0.4 is 5.73 Å². The van der Waals surface area contributed by atoms with Gasteiger partial charge in [0.15, 0.2) is 0 Å². The van der Waals surface area contributed by atoms with E-state index in [1.54, 1.807) is 0 Å². The van der Waals surface area contributed by atoms with Crippen molar-refractivity contribution >= 4 is 23.5 Å². The smallest absolute Gasteiger partial charge is 0.316 e. The fourth-order valence-corrected chi connectivity index (χ4v) is 2.16. The van der Waals surface area contributed by atoms with Gasteiger partial charge in [0.25, 0.3) is 0 Å². The maximum Gasteiger partial charge on any atom is 0.316 e. The molecule has 1 heterocycles. The van der Waals surface area contributed by atoms with E-state index in [1.165, 1.54) is 11.8 Å². The van der Waals surface area contributed by atoms with Gasteiger partial charge >= 0.3 is 5.97 Å². The number of carbonyl (C=O) groups excluding carboxylic acids is 1. The first-order valence-electron chi connectivity index (χ1n) is 6.20. The summed E-state index contributed by atoms with van der Waals surface area (Å²) in [6.07, 6.45) is 0.713. The second-order valence-electron chi connectivity index (χ2n) is 5.18. The molecule has 0 aliphatic carbocycles. The van der Waals surface area contributed by atoms with Gasteiger partial charge in [-0.3, -0.25) is 4.79 Å². The maximum absolute atomic E-state index is 11.7. The topological polar surface area (TPSA) is 78.1 Å². The molecule has 0 atom stereocenters. The standard InChI is InChI=1S/C13H21N3O2S/c1-6-9-15-11(14)8(2)12(16-9)19-7-10(17)18-13(3,4)5/h6-7H2,1-5H3,(H2,14,15,16). The Kier molecular flexibility index (Phi) is 5.17. The molecule has 2 N–H and O–H groups in total. The minimum absolute atomic E-state index is 0.220. The van der Waals surface area contributed by atoms with E-state index in [0.29, 0.717) is 18.1 Å². The van der Waals surface area contributed by atoms with Gasteiger partial charge in [-0.1, -0.05) is 18.7 Å².